The van der Waals surface area contributed by atoms with Gasteiger partial charge in [-0.3, -0.25) is 0 Å². The predicted octanol–water partition coefficient (Wildman–Crippen LogP) is 3.66. The number of halogens is 2. The molecule has 78 valence electrons. The summed E-state index contributed by atoms with van der Waals surface area (Å²) in [5.74, 6) is 0. The Balaban J connectivity index is 2.87. The van der Waals surface area contributed by atoms with Crippen molar-refractivity contribution in [1.82, 2.24) is 0 Å². The Bertz CT molecular complexity index is 323. The largest absolute Gasteiger partial charge is 0.396 e. The molecule has 0 spiro atoms. The average Bonchev–Trinajstić information content (AvgIpc) is 2.10. The molecule has 0 aromatic heterocycles. The van der Waals surface area contributed by atoms with E-state index in [-0.39, 0.29) is 12.0 Å². The van der Waals surface area contributed by atoms with Crippen molar-refractivity contribution in [2.45, 2.75) is 20.3 Å². The summed E-state index contributed by atoms with van der Waals surface area (Å²) in [6, 6.07) is 5.74. The molecule has 1 N–H and O–H groups in total. The van der Waals surface area contributed by atoms with Gasteiger partial charge in [-0.25, -0.2) is 0 Å². The zero-order chi connectivity index (χ0) is 10.8. The Morgan fingerprint density at radius 1 is 1.43 bits per heavy atom. The molecule has 0 saturated heterocycles. The van der Waals surface area contributed by atoms with E-state index in [2.05, 4.69) is 15.9 Å². The Morgan fingerprint density at radius 2 is 2.07 bits per heavy atom. The lowest BCUT2D eigenvalue weighted by Crippen LogP contribution is -2.19. The molecular weight excluding hydrogens is 263 g/mol. The number of aliphatic hydroxyl groups is 1. The minimum absolute atomic E-state index is 0.0870. The number of hydrogen-bond donors (Lipinski definition) is 1. The second-order valence-corrected chi connectivity index (χ2v) is 5.53. The van der Waals surface area contributed by atoms with Gasteiger partial charge in [-0.1, -0.05) is 47.4 Å². The van der Waals surface area contributed by atoms with E-state index in [0.717, 1.165) is 15.9 Å². The van der Waals surface area contributed by atoms with Crippen molar-refractivity contribution in [3.63, 3.8) is 0 Å². The van der Waals surface area contributed by atoms with Crippen LogP contribution in [0.5, 0.6) is 0 Å². The van der Waals surface area contributed by atoms with Crippen molar-refractivity contribution in [3.8, 4) is 0 Å². The van der Waals surface area contributed by atoms with Gasteiger partial charge in [-0.15, -0.1) is 0 Å². The second-order valence-electron chi connectivity index (χ2n) is 4.23. The maximum absolute atomic E-state index is 9.16. The second kappa shape index (κ2) is 4.65. The van der Waals surface area contributed by atoms with Crippen molar-refractivity contribution in [2.75, 3.05) is 6.61 Å². The first-order valence-corrected chi connectivity index (χ1v) is 5.66. The van der Waals surface area contributed by atoms with Crippen molar-refractivity contribution >= 4 is 27.5 Å². The van der Waals surface area contributed by atoms with Crippen LogP contribution in [0.3, 0.4) is 0 Å². The standard InChI is InChI=1S/C11H14BrClO/c1-11(2,7-14)6-8-3-4-9(13)5-10(8)12/h3-5,14H,6-7H2,1-2H3. The summed E-state index contributed by atoms with van der Waals surface area (Å²) >= 11 is 9.31. The highest BCUT2D eigenvalue weighted by Gasteiger charge is 2.18. The summed E-state index contributed by atoms with van der Waals surface area (Å²) in [5, 5.41) is 9.88. The van der Waals surface area contributed by atoms with E-state index < -0.39 is 0 Å². The van der Waals surface area contributed by atoms with Gasteiger partial charge in [0.1, 0.15) is 0 Å². The third kappa shape index (κ3) is 3.26. The van der Waals surface area contributed by atoms with Crippen LogP contribution in [0.4, 0.5) is 0 Å². The summed E-state index contributed by atoms with van der Waals surface area (Å²) in [6.45, 7) is 4.25. The molecule has 0 aliphatic heterocycles. The smallest absolute Gasteiger partial charge is 0.0485 e. The molecule has 0 unspecified atom stereocenters. The molecule has 1 aromatic carbocycles. The van der Waals surface area contributed by atoms with Crippen LogP contribution in [-0.2, 0) is 6.42 Å². The van der Waals surface area contributed by atoms with Crippen LogP contribution in [0, 0.1) is 5.41 Å². The van der Waals surface area contributed by atoms with E-state index in [1.165, 1.54) is 5.56 Å². The first-order valence-electron chi connectivity index (χ1n) is 4.49. The van der Waals surface area contributed by atoms with E-state index >= 15 is 0 Å². The van der Waals surface area contributed by atoms with E-state index in [1.54, 1.807) is 0 Å². The molecule has 1 aromatic rings. The lowest BCUT2D eigenvalue weighted by Gasteiger charge is -2.22. The van der Waals surface area contributed by atoms with Crippen LogP contribution < -0.4 is 0 Å². The van der Waals surface area contributed by atoms with Gasteiger partial charge in [0.05, 0.1) is 0 Å². The summed E-state index contributed by atoms with van der Waals surface area (Å²) < 4.78 is 1.01. The zero-order valence-corrected chi connectivity index (χ0v) is 10.7. The normalized spacial score (nSPS) is 11.8. The number of hydrogen-bond acceptors (Lipinski definition) is 1. The molecule has 0 fully saturated rings. The molecule has 0 aliphatic rings. The Morgan fingerprint density at radius 3 is 2.57 bits per heavy atom. The number of aliphatic hydroxyl groups excluding tert-OH is 1. The zero-order valence-electron chi connectivity index (χ0n) is 8.35. The van der Waals surface area contributed by atoms with Crippen LogP contribution in [0.1, 0.15) is 19.4 Å². The summed E-state index contributed by atoms with van der Waals surface area (Å²) in [6.07, 6.45) is 0.835. The molecule has 0 radical (unpaired) electrons. The topological polar surface area (TPSA) is 20.2 Å². The molecule has 0 atom stereocenters. The molecule has 0 saturated carbocycles. The van der Waals surface area contributed by atoms with E-state index in [0.29, 0.717) is 0 Å². The third-order valence-corrected chi connectivity index (χ3v) is 3.09. The molecule has 0 bridgehead atoms. The quantitative estimate of drug-likeness (QED) is 0.894. The lowest BCUT2D eigenvalue weighted by atomic mass is 9.87. The van der Waals surface area contributed by atoms with Gasteiger partial charge in [0.15, 0.2) is 0 Å². The molecule has 0 aliphatic carbocycles. The van der Waals surface area contributed by atoms with Gasteiger partial charge in [-0.05, 0) is 29.5 Å². The highest BCUT2D eigenvalue weighted by Crippen LogP contribution is 2.28. The maximum Gasteiger partial charge on any atom is 0.0485 e. The first-order chi connectivity index (χ1) is 6.44. The van der Waals surface area contributed by atoms with Crippen LogP contribution in [0.2, 0.25) is 5.02 Å². The van der Waals surface area contributed by atoms with E-state index in [1.807, 2.05) is 32.0 Å². The number of benzene rings is 1. The molecular formula is C11H14BrClO. The van der Waals surface area contributed by atoms with Crippen molar-refractivity contribution < 1.29 is 5.11 Å². The minimum atomic E-state index is -0.0870. The van der Waals surface area contributed by atoms with Crippen LogP contribution in [-0.4, -0.2) is 11.7 Å². The highest BCUT2D eigenvalue weighted by molar-refractivity contribution is 9.10. The van der Waals surface area contributed by atoms with Crippen molar-refractivity contribution in [2.24, 2.45) is 5.41 Å². The fourth-order valence-electron chi connectivity index (χ4n) is 1.24. The van der Waals surface area contributed by atoms with Gasteiger partial charge in [0, 0.05) is 16.1 Å². The Labute approximate surface area is 98.2 Å². The number of rotatable bonds is 3. The Hall–Kier alpha value is -0.0500. The van der Waals surface area contributed by atoms with Gasteiger partial charge in [0.2, 0.25) is 0 Å². The molecule has 1 rings (SSSR count). The molecule has 0 heterocycles. The molecule has 3 heteroatoms. The van der Waals surface area contributed by atoms with Crippen LogP contribution in [0.15, 0.2) is 22.7 Å². The van der Waals surface area contributed by atoms with Gasteiger partial charge >= 0.3 is 0 Å². The maximum atomic E-state index is 9.16. The minimum Gasteiger partial charge on any atom is -0.396 e. The molecule has 14 heavy (non-hydrogen) atoms. The van der Waals surface area contributed by atoms with E-state index in [4.69, 9.17) is 16.7 Å². The van der Waals surface area contributed by atoms with Crippen molar-refractivity contribution in [1.29, 1.82) is 0 Å². The van der Waals surface area contributed by atoms with Crippen LogP contribution >= 0.6 is 27.5 Å². The fourth-order valence-corrected chi connectivity index (χ4v) is 2.06. The summed E-state index contributed by atoms with van der Waals surface area (Å²) in [7, 11) is 0. The first kappa shape index (κ1) is 12.0. The van der Waals surface area contributed by atoms with Gasteiger partial charge in [-0.2, -0.15) is 0 Å². The molecule has 1 nitrogen and oxygen atoms in total. The third-order valence-electron chi connectivity index (χ3n) is 2.11. The fraction of sp³-hybridized carbons (Fsp3) is 0.455. The highest BCUT2D eigenvalue weighted by atomic mass is 79.9. The van der Waals surface area contributed by atoms with Gasteiger partial charge in [0.25, 0.3) is 0 Å². The SMILES string of the molecule is CC(C)(CO)Cc1ccc(Cl)cc1Br. The van der Waals surface area contributed by atoms with Crippen molar-refractivity contribution in [3.05, 3.63) is 33.3 Å². The predicted molar refractivity (Wildman–Crippen MR) is 63.7 cm³/mol. The van der Waals surface area contributed by atoms with Crippen LogP contribution in [0.25, 0.3) is 0 Å². The Kier molecular flexibility index (Phi) is 3.99. The summed E-state index contributed by atoms with van der Waals surface area (Å²) in [5.41, 5.74) is 1.09. The van der Waals surface area contributed by atoms with E-state index in [9.17, 15) is 0 Å². The van der Waals surface area contributed by atoms with Gasteiger partial charge < -0.3 is 5.11 Å². The summed E-state index contributed by atoms with van der Waals surface area (Å²) in [4.78, 5) is 0. The lowest BCUT2D eigenvalue weighted by molar-refractivity contribution is 0.159. The molecule has 0 amide bonds. The average molecular weight is 278 g/mol. The monoisotopic (exact) mass is 276 g/mol.